The van der Waals surface area contributed by atoms with Gasteiger partial charge in [-0.2, -0.15) is 18.3 Å². The Morgan fingerprint density at radius 2 is 1.74 bits per heavy atom. The average molecular weight is 487 g/mol. The summed E-state index contributed by atoms with van der Waals surface area (Å²) >= 11 is 0. The number of hydrogen-bond acceptors (Lipinski definition) is 5. The highest BCUT2D eigenvalue weighted by Gasteiger charge is 2.34. The minimum atomic E-state index is -4.66. The number of para-hydroxylation sites is 1. The molecule has 10 heteroatoms. The number of rotatable bonds is 8. The van der Waals surface area contributed by atoms with E-state index in [4.69, 9.17) is 4.74 Å². The number of ether oxygens (including phenoxy) is 1. The Balaban J connectivity index is 1.61. The number of benzene rings is 2. The number of halogens is 3. The molecule has 0 spiro atoms. The van der Waals surface area contributed by atoms with E-state index in [1.807, 2.05) is 31.2 Å². The third-order valence-corrected chi connectivity index (χ3v) is 5.16. The summed E-state index contributed by atoms with van der Waals surface area (Å²) in [6.45, 7) is 3.15. The molecule has 1 N–H and O–H groups in total. The first kappa shape index (κ1) is 25.7. The van der Waals surface area contributed by atoms with Crippen molar-refractivity contribution in [1.82, 2.24) is 15.1 Å². The van der Waals surface area contributed by atoms with Gasteiger partial charge in [-0.25, -0.2) is 9.48 Å². The molecule has 35 heavy (non-hydrogen) atoms. The zero-order valence-corrected chi connectivity index (χ0v) is 19.2. The molecule has 7 nitrogen and oxygen atoms in total. The van der Waals surface area contributed by atoms with Gasteiger partial charge in [-0.1, -0.05) is 42.0 Å². The number of amides is 1. The molecular formula is C25H24F3N3O4. The summed E-state index contributed by atoms with van der Waals surface area (Å²) in [5, 5.41) is 6.45. The largest absolute Gasteiger partial charge is 0.459 e. The summed E-state index contributed by atoms with van der Waals surface area (Å²) in [5.41, 5.74) is -0.470. The Kier molecular flexibility index (Phi) is 8.06. The molecule has 1 amide bonds. The normalized spacial score (nSPS) is 11.2. The highest BCUT2D eigenvalue weighted by Crippen LogP contribution is 2.33. The lowest BCUT2D eigenvalue weighted by atomic mass is 10.1. The number of aryl methyl sites for hydroxylation is 3. The number of nitrogens with one attached hydrogen (secondary N) is 1. The van der Waals surface area contributed by atoms with Crippen LogP contribution < -0.4 is 10.7 Å². The van der Waals surface area contributed by atoms with Crippen LogP contribution in [0.5, 0.6) is 0 Å². The second-order valence-electron chi connectivity index (χ2n) is 7.90. The molecule has 0 bridgehead atoms. The van der Waals surface area contributed by atoms with Crippen LogP contribution in [0.25, 0.3) is 5.69 Å². The van der Waals surface area contributed by atoms with E-state index in [0.29, 0.717) is 6.42 Å². The summed E-state index contributed by atoms with van der Waals surface area (Å²) in [6.07, 6.45) is -3.86. The third kappa shape index (κ3) is 6.78. The smallest absolute Gasteiger partial charge is 0.418 e. The molecule has 0 aliphatic rings. The predicted molar refractivity (Wildman–Crippen MR) is 122 cm³/mol. The third-order valence-electron chi connectivity index (χ3n) is 5.16. The topological polar surface area (TPSA) is 90.3 Å². The van der Waals surface area contributed by atoms with Gasteiger partial charge < -0.3 is 10.1 Å². The van der Waals surface area contributed by atoms with Crippen molar-refractivity contribution in [3.63, 3.8) is 0 Å². The van der Waals surface area contributed by atoms with Crippen LogP contribution in [0.1, 0.15) is 39.3 Å². The molecule has 2 aromatic carbocycles. The fourth-order valence-electron chi connectivity index (χ4n) is 3.33. The van der Waals surface area contributed by atoms with Gasteiger partial charge >= 0.3 is 12.1 Å². The minimum absolute atomic E-state index is 0.00936. The molecule has 0 saturated carbocycles. The van der Waals surface area contributed by atoms with Gasteiger partial charge in [-0.15, -0.1) is 0 Å². The van der Waals surface area contributed by atoms with Crippen molar-refractivity contribution in [2.45, 2.75) is 32.9 Å². The molecule has 0 aliphatic carbocycles. The highest BCUT2D eigenvalue weighted by atomic mass is 19.4. The molecule has 0 unspecified atom stereocenters. The predicted octanol–water partition coefficient (Wildman–Crippen LogP) is 3.77. The number of alkyl halides is 3. The van der Waals surface area contributed by atoms with Gasteiger partial charge in [0.1, 0.15) is 6.61 Å². The van der Waals surface area contributed by atoms with Gasteiger partial charge in [0.2, 0.25) is 17.0 Å². The molecule has 3 rings (SSSR count). The Morgan fingerprint density at radius 3 is 2.43 bits per heavy atom. The molecule has 0 aliphatic heterocycles. The van der Waals surface area contributed by atoms with Crippen molar-refractivity contribution in [3.8, 4) is 5.69 Å². The Bertz CT molecular complexity index is 1270. The van der Waals surface area contributed by atoms with Crippen molar-refractivity contribution >= 4 is 11.9 Å². The highest BCUT2D eigenvalue weighted by molar-refractivity contribution is 5.87. The van der Waals surface area contributed by atoms with Crippen LogP contribution in [-0.2, 0) is 22.1 Å². The van der Waals surface area contributed by atoms with Gasteiger partial charge in [0.15, 0.2) is 0 Å². The first-order valence-electron chi connectivity index (χ1n) is 10.8. The van der Waals surface area contributed by atoms with Gasteiger partial charge in [-0.3, -0.25) is 9.59 Å². The molecule has 3 aromatic rings. The van der Waals surface area contributed by atoms with E-state index in [1.165, 1.54) is 25.1 Å². The maximum absolute atomic E-state index is 13.4. The Morgan fingerprint density at radius 1 is 1.06 bits per heavy atom. The summed E-state index contributed by atoms with van der Waals surface area (Å²) in [7, 11) is 0. The number of aromatic nitrogens is 2. The number of nitrogens with zero attached hydrogens (tertiary/aromatic N) is 2. The van der Waals surface area contributed by atoms with Crippen LogP contribution in [0.4, 0.5) is 13.2 Å². The second-order valence-corrected chi connectivity index (χ2v) is 7.90. The minimum Gasteiger partial charge on any atom is -0.459 e. The molecule has 0 atom stereocenters. The van der Waals surface area contributed by atoms with Crippen LogP contribution in [0.15, 0.2) is 59.4 Å². The average Bonchev–Trinajstić information content (AvgIpc) is 2.81. The van der Waals surface area contributed by atoms with Crippen molar-refractivity contribution in [2.75, 3.05) is 13.2 Å². The molecule has 0 fully saturated rings. The summed E-state index contributed by atoms with van der Waals surface area (Å²) < 4.78 is 46.1. The van der Waals surface area contributed by atoms with Gasteiger partial charge in [0, 0.05) is 18.2 Å². The first-order valence-corrected chi connectivity index (χ1v) is 10.8. The first-order chi connectivity index (χ1) is 16.6. The molecule has 0 radical (unpaired) electrons. The number of carbonyl (C=O) groups excluding carboxylic acids is 2. The molecule has 184 valence electrons. The lowest BCUT2D eigenvalue weighted by Gasteiger charge is -2.16. The van der Waals surface area contributed by atoms with E-state index in [1.54, 1.807) is 0 Å². The second kappa shape index (κ2) is 11.0. The standard InChI is InChI=1S/C25H24F3N3O4/c1-16-7-9-18(10-8-16)11-12-22(33)29-13-14-35-24(34)23-21(32)15-17(2)31(30-23)20-6-4-3-5-19(20)25(26,27)28/h3-10,15H,11-14H2,1-2H3,(H,29,33). The lowest BCUT2D eigenvalue weighted by Crippen LogP contribution is -2.30. The fraction of sp³-hybridized carbons (Fsp3) is 0.280. The van der Waals surface area contributed by atoms with E-state index in [9.17, 15) is 27.6 Å². The maximum atomic E-state index is 13.4. The maximum Gasteiger partial charge on any atom is 0.418 e. The Hall–Kier alpha value is -3.95. The van der Waals surface area contributed by atoms with Crippen molar-refractivity contribution in [1.29, 1.82) is 0 Å². The summed E-state index contributed by atoms with van der Waals surface area (Å²) in [4.78, 5) is 36.6. The van der Waals surface area contributed by atoms with E-state index in [-0.39, 0.29) is 36.9 Å². The van der Waals surface area contributed by atoms with Crippen molar-refractivity contribution in [2.24, 2.45) is 0 Å². The lowest BCUT2D eigenvalue weighted by molar-refractivity contribution is -0.137. The molecule has 1 heterocycles. The fourth-order valence-corrected chi connectivity index (χ4v) is 3.33. The number of carbonyl (C=O) groups is 2. The number of esters is 1. The van der Waals surface area contributed by atoms with Crippen LogP contribution >= 0.6 is 0 Å². The van der Waals surface area contributed by atoms with Gasteiger partial charge in [-0.05, 0) is 38.0 Å². The summed E-state index contributed by atoms with van der Waals surface area (Å²) in [6, 6.07) is 13.5. The summed E-state index contributed by atoms with van der Waals surface area (Å²) in [5.74, 6) is -1.33. The van der Waals surface area contributed by atoms with Crippen LogP contribution in [0.2, 0.25) is 0 Å². The van der Waals surface area contributed by atoms with Crippen molar-refractivity contribution < 1.29 is 27.5 Å². The van der Waals surface area contributed by atoms with Crippen LogP contribution in [-0.4, -0.2) is 34.8 Å². The Labute approximate surface area is 199 Å². The van der Waals surface area contributed by atoms with E-state index >= 15 is 0 Å². The van der Waals surface area contributed by atoms with E-state index in [2.05, 4.69) is 10.4 Å². The van der Waals surface area contributed by atoms with Gasteiger partial charge in [0.25, 0.3) is 0 Å². The van der Waals surface area contributed by atoms with Crippen molar-refractivity contribution in [3.05, 3.63) is 92.9 Å². The quantitative estimate of drug-likeness (QED) is 0.386. The zero-order chi connectivity index (χ0) is 25.6. The molecule has 0 saturated heterocycles. The van der Waals surface area contributed by atoms with E-state index < -0.39 is 28.8 Å². The van der Waals surface area contributed by atoms with Gasteiger partial charge in [0.05, 0.1) is 17.8 Å². The SMILES string of the molecule is Cc1ccc(CCC(=O)NCCOC(=O)c2nn(-c3ccccc3C(F)(F)F)c(C)cc2=O)cc1. The van der Waals surface area contributed by atoms with Crippen LogP contribution in [0, 0.1) is 13.8 Å². The molecule has 1 aromatic heterocycles. The number of hydrogen-bond donors (Lipinski definition) is 1. The monoisotopic (exact) mass is 487 g/mol. The van der Waals surface area contributed by atoms with E-state index in [0.717, 1.165) is 27.9 Å². The zero-order valence-electron chi connectivity index (χ0n) is 19.2. The van der Waals surface area contributed by atoms with Crippen LogP contribution in [0.3, 0.4) is 0 Å². The molecular weight excluding hydrogens is 463 g/mol.